The average Bonchev–Trinajstić information content (AvgIpc) is 3.48. The maximum Gasteiger partial charge on any atom is 0.256 e. The second-order valence-corrected chi connectivity index (χ2v) is 9.66. The number of nitrogens with zero attached hydrogens (tertiary/aromatic N) is 2. The zero-order valence-corrected chi connectivity index (χ0v) is 25.8. The van der Waals surface area contributed by atoms with Gasteiger partial charge in [-0.25, -0.2) is 0 Å². The monoisotopic (exact) mass is 543 g/mol. The van der Waals surface area contributed by atoms with Crippen LogP contribution in [-0.4, -0.2) is 9.72 Å². The molecule has 0 bridgehead atoms. The molecular formula is C35H49N3O2. The Bertz CT molecular complexity index is 1280. The second-order valence-electron chi connectivity index (χ2n) is 9.66. The van der Waals surface area contributed by atoms with E-state index in [1.165, 1.54) is 0 Å². The average molecular weight is 544 g/mol. The first kappa shape index (κ1) is 32.6. The highest BCUT2D eigenvalue weighted by Crippen LogP contribution is 2.32. The third-order valence-corrected chi connectivity index (χ3v) is 6.92. The van der Waals surface area contributed by atoms with Crippen LogP contribution in [0.2, 0.25) is 0 Å². The standard InChI is InChI=1S/C29H31N3O2.3C2H6/c1-19(2)26-18-24(34-31-26)16-20-13-14-25-23(15-20)17-27(30)32(29(25)33)28(21-9-5-3-6-10-21)22-11-7-4-8-12-22;3*1-2/h3-12,17-20,28H,13-16,30H2,1-2H3;3*1-2H3. The summed E-state index contributed by atoms with van der Waals surface area (Å²) in [6, 6.07) is 24.0. The molecule has 2 aromatic heterocycles. The van der Waals surface area contributed by atoms with E-state index in [1.807, 2.05) is 84.0 Å². The van der Waals surface area contributed by atoms with E-state index in [1.54, 1.807) is 4.57 Å². The van der Waals surface area contributed by atoms with Gasteiger partial charge in [0.1, 0.15) is 11.6 Å². The molecule has 2 N–H and O–H groups in total. The lowest BCUT2D eigenvalue weighted by molar-refractivity contribution is 0.339. The maximum absolute atomic E-state index is 13.8. The van der Waals surface area contributed by atoms with Crippen molar-refractivity contribution in [2.75, 3.05) is 5.73 Å². The number of benzene rings is 2. The van der Waals surface area contributed by atoms with Gasteiger partial charge in [-0.2, -0.15) is 0 Å². The summed E-state index contributed by atoms with van der Waals surface area (Å²) in [7, 11) is 0. The van der Waals surface area contributed by atoms with E-state index in [-0.39, 0.29) is 11.6 Å². The molecule has 0 radical (unpaired) electrons. The van der Waals surface area contributed by atoms with Crippen LogP contribution in [0.3, 0.4) is 0 Å². The number of nitrogen functional groups attached to an aromatic ring is 1. The van der Waals surface area contributed by atoms with Gasteiger partial charge < -0.3 is 10.3 Å². The minimum Gasteiger partial charge on any atom is -0.385 e. The topological polar surface area (TPSA) is 74.0 Å². The molecule has 2 aromatic carbocycles. The van der Waals surface area contributed by atoms with Crippen molar-refractivity contribution >= 4 is 5.82 Å². The summed E-state index contributed by atoms with van der Waals surface area (Å²) in [6.07, 6.45) is 3.36. The number of rotatable bonds is 6. The molecule has 5 heteroatoms. The molecule has 0 fully saturated rings. The SMILES string of the molecule is CC.CC.CC.CC(C)c1cc(CC2CCc3c(cc(N)n(C(c4ccccc4)c4ccccc4)c3=O)C2)on1. The fourth-order valence-corrected chi connectivity index (χ4v) is 5.13. The summed E-state index contributed by atoms with van der Waals surface area (Å²) in [6.45, 7) is 16.2. The van der Waals surface area contributed by atoms with Gasteiger partial charge in [-0.15, -0.1) is 0 Å². The van der Waals surface area contributed by atoms with Gasteiger partial charge in [-0.05, 0) is 53.9 Å². The first-order valence-corrected chi connectivity index (χ1v) is 15.1. The smallest absolute Gasteiger partial charge is 0.256 e. The lowest BCUT2D eigenvalue weighted by atomic mass is 9.82. The number of pyridine rings is 1. The molecule has 0 aliphatic heterocycles. The lowest BCUT2D eigenvalue weighted by Crippen LogP contribution is -2.34. The number of hydrogen-bond acceptors (Lipinski definition) is 4. The summed E-state index contributed by atoms with van der Waals surface area (Å²) in [5, 5.41) is 4.19. The van der Waals surface area contributed by atoms with Crippen LogP contribution in [0.5, 0.6) is 0 Å². The molecule has 5 rings (SSSR count). The molecule has 0 amide bonds. The van der Waals surface area contributed by atoms with E-state index in [2.05, 4.69) is 49.3 Å². The third-order valence-electron chi connectivity index (χ3n) is 6.92. The Hall–Kier alpha value is -3.60. The van der Waals surface area contributed by atoms with E-state index < -0.39 is 0 Å². The van der Waals surface area contributed by atoms with Crippen molar-refractivity contribution in [1.82, 2.24) is 9.72 Å². The van der Waals surface area contributed by atoms with Crippen LogP contribution in [-0.2, 0) is 19.3 Å². The fourth-order valence-electron chi connectivity index (χ4n) is 5.13. The number of nitrogens with two attached hydrogens (primary N) is 1. The number of hydrogen-bond donors (Lipinski definition) is 1. The Kier molecular flexibility index (Phi) is 13.4. The summed E-state index contributed by atoms with van der Waals surface area (Å²) < 4.78 is 7.35. The fraction of sp³-hybridized carbons (Fsp3) is 0.429. The highest BCUT2D eigenvalue weighted by atomic mass is 16.5. The maximum atomic E-state index is 13.8. The van der Waals surface area contributed by atoms with Gasteiger partial charge in [-0.1, -0.05) is 121 Å². The number of anilines is 1. The normalized spacial score (nSPS) is 13.7. The molecule has 2 heterocycles. The van der Waals surface area contributed by atoms with Gasteiger partial charge in [0.15, 0.2) is 0 Å². The predicted octanol–water partition coefficient (Wildman–Crippen LogP) is 8.61. The van der Waals surface area contributed by atoms with Crippen molar-refractivity contribution in [1.29, 1.82) is 0 Å². The molecule has 1 atom stereocenters. The Labute approximate surface area is 241 Å². The van der Waals surface area contributed by atoms with Gasteiger partial charge in [-0.3, -0.25) is 9.36 Å². The first-order valence-electron chi connectivity index (χ1n) is 15.1. The van der Waals surface area contributed by atoms with Crippen molar-refractivity contribution in [3.05, 3.63) is 117 Å². The molecule has 0 saturated heterocycles. The minimum atomic E-state index is -0.262. The molecule has 40 heavy (non-hydrogen) atoms. The first-order chi connectivity index (χ1) is 19.5. The highest BCUT2D eigenvalue weighted by Gasteiger charge is 2.27. The molecule has 1 unspecified atom stereocenters. The van der Waals surface area contributed by atoms with Gasteiger partial charge in [0.2, 0.25) is 0 Å². The Morgan fingerprint density at radius 3 is 1.95 bits per heavy atom. The van der Waals surface area contributed by atoms with Crippen LogP contribution in [0.25, 0.3) is 0 Å². The largest absolute Gasteiger partial charge is 0.385 e. The van der Waals surface area contributed by atoms with E-state index in [9.17, 15) is 4.79 Å². The molecule has 0 spiro atoms. The molecule has 0 saturated carbocycles. The van der Waals surface area contributed by atoms with Crippen LogP contribution in [0.1, 0.15) is 107 Å². The van der Waals surface area contributed by atoms with Crippen molar-refractivity contribution < 1.29 is 4.52 Å². The Morgan fingerprint density at radius 2 is 1.45 bits per heavy atom. The minimum absolute atomic E-state index is 0.0212. The van der Waals surface area contributed by atoms with Gasteiger partial charge in [0, 0.05) is 18.1 Å². The second kappa shape index (κ2) is 16.5. The Morgan fingerprint density at radius 1 is 0.900 bits per heavy atom. The van der Waals surface area contributed by atoms with Crippen molar-refractivity contribution in [2.24, 2.45) is 5.92 Å². The third kappa shape index (κ3) is 7.74. The van der Waals surface area contributed by atoms with Crippen LogP contribution in [0.4, 0.5) is 5.82 Å². The van der Waals surface area contributed by atoms with Gasteiger partial charge in [0.25, 0.3) is 5.56 Å². The zero-order chi connectivity index (χ0) is 29.7. The molecule has 5 nitrogen and oxygen atoms in total. The van der Waals surface area contributed by atoms with Gasteiger partial charge >= 0.3 is 0 Å². The van der Waals surface area contributed by atoms with E-state index in [4.69, 9.17) is 10.3 Å². The van der Waals surface area contributed by atoms with E-state index in [0.717, 1.165) is 59.4 Å². The summed E-state index contributed by atoms with van der Waals surface area (Å²) in [4.78, 5) is 13.8. The molecule has 1 aliphatic rings. The molecule has 4 aromatic rings. The van der Waals surface area contributed by atoms with Crippen LogP contribution in [0, 0.1) is 5.92 Å². The van der Waals surface area contributed by atoms with E-state index in [0.29, 0.717) is 17.7 Å². The zero-order valence-electron chi connectivity index (χ0n) is 25.8. The van der Waals surface area contributed by atoms with Crippen molar-refractivity contribution in [3.8, 4) is 0 Å². The summed E-state index contributed by atoms with van der Waals surface area (Å²) in [5.41, 5.74) is 11.7. The van der Waals surface area contributed by atoms with Crippen molar-refractivity contribution in [2.45, 2.75) is 93.0 Å². The van der Waals surface area contributed by atoms with Crippen LogP contribution in [0.15, 0.2) is 82.1 Å². The molecular weight excluding hydrogens is 494 g/mol. The lowest BCUT2D eigenvalue weighted by Gasteiger charge is -2.28. The van der Waals surface area contributed by atoms with E-state index >= 15 is 0 Å². The quantitative estimate of drug-likeness (QED) is 0.264. The summed E-state index contributed by atoms with van der Waals surface area (Å²) in [5.74, 6) is 2.19. The Balaban J connectivity index is 0.000000876. The number of aromatic nitrogens is 2. The van der Waals surface area contributed by atoms with Crippen LogP contribution >= 0.6 is 0 Å². The molecule has 216 valence electrons. The van der Waals surface area contributed by atoms with Crippen LogP contribution < -0.4 is 11.3 Å². The highest BCUT2D eigenvalue weighted by molar-refractivity contribution is 5.45. The predicted molar refractivity (Wildman–Crippen MR) is 169 cm³/mol. The van der Waals surface area contributed by atoms with Crippen molar-refractivity contribution in [3.63, 3.8) is 0 Å². The van der Waals surface area contributed by atoms with Gasteiger partial charge in [0.05, 0.1) is 11.7 Å². The molecule has 1 aliphatic carbocycles. The summed E-state index contributed by atoms with van der Waals surface area (Å²) >= 11 is 0. The number of fused-ring (bicyclic) bond motifs is 1.